The molecule has 0 aromatic rings. The Hall–Kier alpha value is 2.42. The summed E-state index contributed by atoms with van der Waals surface area (Å²) in [7, 11) is 9.92. The monoisotopic (exact) mass is 490 g/mol. The predicted octanol–water partition coefficient (Wildman–Crippen LogP) is 0.617. The molecule has 6 radical (unpaired) electrons. The van der Waals surface area contributed by atoms with Crippen LogP contribution in [-0.4, -0.2) is 49.1 Å². The largest absolute Gasteiger partial charge is 0 e. The summed E-state index contributed by atoms with van der Waals surface area (Å²) in [5.74, 6) is 0. The molecule has 0 aliphatic rings. The van der Waals surface area contributed by atoms with E-state index in [0.717, 1.165) is 0 Å². The van der Waals surface area contributed by atoms with Gasteiger partial charge in [-0.25, -0.2) is 0 Å². The summed E-state index contributed by atoms with van der Waals surface area (Å²) < 4.78 is 0. The van der Waals surface area contributed by atoms with E-state index in [1.807, 2.05) is 0 Å². The quantitative estimate of drug-likeness (QED) is 0.438. The van der Waals surface area contributed by atoms with Crippen LogP contribution in [0.4, 0.5) is 0 Å². The van der Waals surface area contributed by atoms with Crippen LogP contribution in [0.3, 0.4) is 0 Å². The van der Waals surface area contributed by atoms with Crippen LogP contribution in [0.2, 0.25) is 0 Å². The first-order valence-electron chi connectivity index (χ1n) is 0.378. The van der Waals surface area contributed by atoms with Crippen molar-refractivity contribution in [1.29, 1.82) is 0 Å². The first kappa shape index (κ1) is 9.66. The molecular weight excluding hydrogens is 490 g/mol. The molecule has 0 unspecified atom stereocenters. The molecule has 4 heteroatoms. The Morgan fingerprint density at radius 1 is 1.25 bits per heavy atom. The second kappa shape index (κ2) is 9.05. The summed E-state index contributed by atoms with van der Waals surface area (Å²) in [4.78, 5) is 0. The van der Waals surface area contributed by atoms with E-state index in [-0.39, 0.29) is 27.3 Å². The molecule has 0 aromatic carbocycles. The first-order valence-corrected chi connectivity index (χ1v) is 9.95. The van der Waals surface area contributed by atoms with Crippen molar-refractivity contribution < 1.29 is 0 Å². The molecule has 0 rings (SSSR count). The Morgan fingerprint density at radius 3 is 1.25 bits per heavy atom. The van der Waals surface area contributed by atoms with E-state index >= 15 is 0 Å². The van der Waals surface area contributed by atoms with Crippen molar-refractivity contribution in [3.8, 4) is 0 Å². The van der Waals surface area contributed by atoms with Crippen molar-refractivity contribution in [2.45, 2.75) is 0 Å². The molecule has 0 heterocycles. The molecule has 0 atom stereocenters. The zero-order chi connectivity index (χ0) is 2.71. The van der Waals surface area contributed by atoms with E-state index in [2.05, 4.69) is 0 Å². The summed E-state index contributed by atoms with van der Waals surface area (Å²) in [6, 6.07) is 0. The Bertz CT molecular complexity index is 4.00. The van der Waals surface area contributed by atoms with Gasteiger partial charge in [0.1, 0.15) is 0 Å². The van der Waals surface area contributed by atoms with E-state index in [9.17, 15) is 0 Å². The molecule has 0 aromatic heterocycles. The third-order valence-electron chi connectivity index (χ3n) is 0. The summed E-state index contributed by atoms with van der Waals surface area (Å²) in [5, 5.41) is 0. The minimum atomic E-state index is -0.972. The maximum absolute atomic E-state index is 4.96. The van der Waals surface area contributed by atoms with Crippen molar-refractivity contribution in [3.05, 3.63) is 0 Å². The molecule has 22 valence electrons. The van der Waals surface area contributed by atoms with Gasteiger partial charge in [-0.3, -0.25) is 0 Å². The fraction of sp³-hybridized carbons (Fsp3) is 0. The van der Waals surface area contributed by atoms with E-state index in [4.69, 9.17) is 16.6 Å². The maximum Gasteiger partial charge on any atom is 0 e. The molecule has 4 heavy (non-hydrogen) atoms. The normalized spacial score (nSPS) is 4.50. The van der Waals surface area contributed by atoms with Gasteiger partial charge in [0.25, 0.3) is 0 Å². The van der Waals surface area contributed by atoms with Crippen molar-refractivity contribution in [3.63, 3.8) is 0 Å². The van der Waals surface area contributed by atoms with Crippen LogP contribution in [0.15, 0.2) is 0 Å². The number of halogens is 2. The second-order valence-electron chi connectivity index (χ2n) is 0.0714. The third kappa shape index (κ3) is 8.83. The molecule has 0 fully saturated rings. The zero-order valence-electron chi connectivity index (χ0n) is 1.76. The zero-order valence-corrected chi connectivity index (χ0v) is 11.0. The summed E-state index contributed by atoms with van der Waals surface area (Å²) in [6.07, 6.45) is 0. The third-order valence-corrected chi connectivity index (χ3v) is 0. The molecule has 0 nitrogen and oxygen atoms in total. The van der Waals surface area contributed by atoms with Gasteiger partial charge in [0.05, 0.1) is 0 Å². The average Bonchev–Trinajstić information content (AvgIpc) is 0.918. The van der Waals surface area contributed by atoms with Crippen molar-refractivity contribution >= 4 is 65.7 Å². The van der Waals surface area contributed by atoms with Gasteiger partial charge < -0.3 is 0 Å². The molecule has 0 saturated heterocycles. The Balaban J connectivity index is 0. The van der Waals surface area contributed by atoms with Crippen LogP contribution >= 0.6 is 16.6 Å². The Kier molecular flexibility index (Phi) is 21.9. The van der Waals surface area contributed by atoms with E-state index in [1.54, 1.807) is 0 Å². The number of rotatable bonds is 0. The molecule has 0 N–H and O–H groups in total. The molecular formula is Cl2Pb2. The van der Waals surface area contributed by atoms with Gasteiger partial charge in [-0.15, -0.1) is 0 Å². The summed E-state index contributed by atoms with van der Waals surface area (Å²) in [6.45, 7) is 0. The van der Waals surface area contributed by atoms with Crippen molar-refractivity contribution in [1.82, 2.24) is 0 Å². The summed E-state index contributed by atoms with van der Waals surface area (Å²) >= 11 is -0.972. The number of hydrogen-bond acceptors (Lipinski definition) is 0. The smallest absolute Gasteiger partial charge is 0 e. The minimum absolute atomic E-state index is 0. The van der Waals surface area contributed by atoms with Crippen LogP contribution in [0.1, 0.15) is 0 Å². The van der Waals surface area contributed by atoms with Gasteiger partial charge >= 0.3 is 38.4 Å². The molecule has 0 aliphatic heterocycles. The fourth-order valence-electron chi connectivity index (χ4n) is 0. The minimum Gasteiger partial charge on any atom is 0 e. The molecule has 0 bridgehead atoms. The topological polar surface area (TPSA) is 0 Å². The van der Waals surface area contributed by atoms with Crippen LogP contribution < -0.4 is 0 Å². The average molecular weight is 490 g/mol. The van der Waals surface area contributed by atoms with Gasteiger partial charge in [-0.1, -0.05) is 0 Å². The second-order valence-corrected chi connectivity index (χ2v) is 5.64. The van der Waals surface area contributed by atoms with Gasteiger partial charge in [-0.2, -0.15) is 0 Å². The van der Waals surface area contributed by atoms with E-state index in [0.29, 0.717) is 0 Å². The van der Waals surface area contributed by atoms with Crippen LogP contribution in [0.25, 0.3) is 0 Å². The van der Waals surface area contributed by atoms with Gasteiger partial charge in [0.2, 0.25) is 0 Å². The number of hydrogen-bond donors (Lipinski definition) is 0. The molecule has 0 spiro atoms. The van der Waals surface area contributed by atoms with Crippen LogP contribution in [-0.2, 0) is 0 Å². The van der Waals surface area contributed by atoms with Crippen LogP contribution in [0, 0.1) is 0 Å². The fourth-order valence-corrected chi connectivity index (χ4v) is 0. The molecule has 0 aliphatic carbocycles. The predicted molar refractivity (Wildman–Crippen MR) is 23.2 cm³/mol. The summed E-state index contributed by atoms with van der Waals surface area (Å²) in [5.41, 5.74) is 0. The Morgan fingerprint density at radius 2 is 1.25 bits per heavy atom. The van der Waals surface area contributed by atoms with Gasteiger partial charge in [0, 0.05) is 27.3 Å². The van der Waals surface area contributed by atoms with Gasteiger partial charge in [-0.05, 0) is 0 Å². The van der Waals surface area contributed by atoms with E-state index < -0.39 is 21.8 Å². The van der Waals surface area contributed by atoms with E-state index in [1.165, 1.54) is 0 Å². The molecule has 0 saturated carbocycles. The SMILES string of the molecule is [Cl][212Pb][Cl].[Pb]. The molecule has 0 amide bonds. The Labute approximate surface area is 64.5 Å². The van der Waals surface area contributed by atoms with Gasteiger partial charge in [0.15, 0.2) is 0 Å². The first-order chi connectivity index (χ1) is 1.41. The van der Waals surface area contributed by atoms with Crippen molar-refractivity contribution in [2.75, 3.05) is 0 Å². The van der Waals surface area contributed by atoms with Crippen molar-refractivity contribution in [2.24, 2.45) is 0 Å². The standard InChI is InChI=1S/2ClH.2Pb/h2*1H;;/q;;+2;/p-2/i;;1+5;. The van der Waals surface area contributed by atoms with Crippen LogP contribution in [0.5, 0.6) is 0 Å². The maximum atomic E-state index is 4.96.